The second kappa shape index (κ2) is 8.14. The Bertz CT molecular complexity index is 960. The normalized spacial score (nSPS) is 23.2. The van der Waals surface area contributed by atoms with Crippen molar-refractivity contribution in [3.8, 4) is 0 Å². The van der Waals surface area contributed by atoms with E-state index in [0.29, 0.717) is 37.4 Å². The molecule has 2 aromatic rings. The molecule has 0 spiro atoms. The minimum absolute atomic E-state index is 0.00503. The number of benzene rings is 1. The van der Waals surface area contributed by atoms with Crippen LogP contribution in [0, 0.1) is 25.7 Å². The smallest absolute Gasteiger partial charge is 0.257 e. The van der Waals surface area contributed by atoms with Gasteiger partial charge in [-0.1, -0.05) is 24.3 Å². The first-order chi connectivity index (χ1) is 14.4. The molecule has 0 unspecified atom stereocenters. The molecule has 2 aliphatic heterocycles. The Morgan fingerprint density at radius 2 is 1.90 bits per heavy atom. The molecular formula is C23H29N5O2. The fraction of sp³-hybridized carbons (Fsp3) is 0.478. The molecule has 7 heteroatoms. The van der Waals surface area contributed by atoms with Gasteiger partial charge in [-0.15, -0.1) is 0 Å². The molecule has 3 heterocycles. The van der Waals surface area contributed by atoms with E-state index in [4.69, 9.17) is 0 Å². The summed E-state index contributed by atoms with van der Waals surface area (Å²) in [5.41, 5.74) is 3.63. The van der Waals surface area contributed by atoms with Gasteiger partial charge in [0, 0.05) is 37.7 Å². The summed E-state index contributed by atoms with van der Waals surface area (Å²) in [7, 11) is 3.84. The van der Waals surface area contributed by atoms with Gasteiger partial charge in [0.05, 0.1) is 23.8 Å². The van der Waals surface area contributed by atoms with Crippen molar-refractivity contribution in [3.05, 3.63) is 59.2 Å². The lowest BCUT2D eigenvalue weighted by Gasteiger charge is -2.31. The maximum absolute atomic E-state index is 13.1. The van der Waals surface area contributed by atoms with Gasteiger partial charge in [0.1, 0.15) is 6.33 Å². The Morgan fingerprint density at radius 3 is 2.60 bits per heavy atom. The van der Waals surface area contributed by atoms with Gasteiger partial charge >= 0.3 is 0 Å². The molecule has 30 heavy (non-hydrogen) atoms. The monoisotopic (exact) mass is 407 g/mol. The first-order valence-corrected chi connectivity index (χ1v) is 10.4. The van der Waals surface area contributed by atoms with Gasteiger partial charge in [-0.2, -0.15) is 0 Å². The largest absolute Gasteiger partial charge is 0.338 e. The average Bonchev–Trinajstić information content (AvgIpc) is 3.26. The van der Waals surface area contributed by atoms with Crippen LogP contribution in [-0.4, -0.2) is 76.8 Å². The summed E-state index contributed by atoms with van der Waals surface area (Å²) in [5, 5.41) is 0. The maximum atomic E-state index is 13.1. The second-order valence-corrected chi connectivity index (χ2v) is 8.74. The highest BCUT2D eigenvalue weighted by atomic mass is 16.2. The van der Waals surface area contributed by atoms with E-state index < -0.39 is 0 Å². The Labute approximate surface area is 177 Å². The van der Waals surface area contributed by atoms with E-state index in [1.54, 1.807) is 6.20 Å². The van der Waals surface area contributed by atoms with Crippen LogP contribution in [0.5, 0.6) is 0 Å². The highest BCUT2D eigenvalue weighted by molar-refractivity contribution is 5.95. The van der Waals surface area contributed by atoms with Crippen molar-refractivity contribution in [3.63, 3.8) is 0 Å². The number of rotatable bonds is 4. The molecule has 1 aromatic heterocycles. The zero-order chi connectivity index (χ0) is 21.4. The van der Waals surface area contributed by atoms with Crippen LogP contribution < -0.4 is 0 Å². The summed E-state index contributed by atoms with van der Waals surface area (Å²) >= 11 is 0. The van der Waals surface area contributed by atoms with E-state index in [9.17, 15) is 9.59 Å². The molecule has 2 saturated heterocycles. The van der Waals surface area contributed by atoms with Gasteiger partial charge in [0.15, 0.2) is 0 Å². The Hall–Kier alpha value is -2.80. The first kappa shape index (κ1) is 20.5. The summed E-state index contributed by atoms with van der Waals surface area (Å²) < 4.78 is 0. The minimum Gasteiger partial charge on any atom is -0.338 e. The first-order valence-electron chi connectivity index (χ1n) is 10.4. The summed E-state index contributed by atoms with van der Waals surface area (Å²) in [6.45, 7) is 6.31. The summed E-state index contributed by atoms with van der Waals surface area (Å²) in [4.78, 5) is 40.2. The van der Waals surface area contributed by atoms with Crippen LogP contribution in [0.1, 0.15) is 33.2 Å². The molecule has 2 aliphatic rings. The lowest BCUT2D eigenvalue weighted by atomic mass is 9.87. The molecule has 7 nitrogen and oxygen atoms in total. The van der Waals surface area contributed by atoms with Gasteiger partial charge in [0.2, 0.25) is 5.91 Å². The molecule has 1 aromatic carbocycles. The van der Waals surface area contributed by atoms with E-state index >= 15 is 0 Å². The van der Waals surface area contributed by atoms with E-state index in [0.717, 1.165) is 0 Å². The molecule has 4 rings (SSSR count). The van der Waals surface area contributed by atoms with E-state index in [1.165, 1.54) is 17.5 Å². The quantitative estimate of drug-likeness (QED) is 0.775. The molecule has 0 bridgehead atoms. The van der Waals surface area contributed by atoms with Crippen molar-refractivity contribution >= 4 is 11.8 Å². The highest BCUT2D eigenvalue weighted by Crippen LogP contribution is 2.46. The van der Waals surface area contributed by atoms with Crippen LogP contribution in [0.4, 0.5) is 0 Å². The van der Waals surface area contributed by atoms with Crippen molar-refractivity contribution in [1.29, 1.82) is 0 Å². The zero-order valence-corrected chi connectivity index (χ0v) is 18.1. The number of likely N-dealkylation sites (tertiary alicyclic amines) is 2. The fourth-order valence-electron chi connectivity index (χ4n) is 4.92. The van der Waals surface area contributed by atoms with Crippen LogP contribution in [0.3, 0.4) is 0 Å². The number of fused-ring (bicyclic) bond motifs is 1. The number of carbonyl (C=O) groups is 2. The Morgan fingerprint density at radius 1 is 1.13 bits per heavy atom. The van der Waals surface area contributed by atoms with Gasteiger partial charge in [0.25, 0.3) is 5.91 Å². The third-order valence-corrected chi connectivity index (χ3v) is 6.37. The van der Waals surface area contributed by atoms with Crippen molar-refractivity contribution in [2.45, 2.75) is 19.9 Å². The second-order valence-electron chi connectivity index (χ2n) is 8.74. The van der Waals surface area contributed by atoms with E-state index in [2.05, 4.69) is 29.0 Å². The number of likely N-dealkylation sites (N-methyl/N-ethyl adjacent to an activating group) is 1. The Kier molecular flexibility index (Phi) is 5.56. The van der Waals surface area contributed by atoms with Gasteiger partial charge in [-0.3, -0.25) is 9.59 Å². The predicted octanol–water partition coefficient (Wildman–Crippen LogP) is 1.93. The van der Waals surface area contributed by atoms with Crippen molar-refractivity contribution in [1.82, 2.24) is 24.7 Å². The topological polar surface area (TPSA) is 69.6 Å². The number of hydrogen-bond donors (Lipinski definition) is 0. The van der Waals surface area contributed by atoms with Crippen molar-refractivity contribution in [2.24, 2.45) is 11.8 Å². The van der Waals surface area contributed by atoms with Crippen molar-refractivity contribution < 1.29 is 9.59 Å². The molecular weight excluding hydrogens is 378 g/mol. The summed E-state index contributed by atoms with van der Waals surface area (Å²) in [5.74, 6) is 0.630. The minimum atomic E-state index is -0.0165. The molecule has 2 amide bonds. The lowest BCUT2D eigenvalue weighted by molar-refractivity contribution is -0.133. The van der Waals surface area contributed by atoms with E-state index in [1.807, 2.05) is 47.9 Å². The Balaban J connectivity index is 1.62. The number of nitrogens with zero attached hydrogens (tertiary/aromatic N) is 5. The fourth-order valence-corrected chi connectivity index (χ4v) is 4.92. The van der Waals surface area contributed by atoms with Crippen LogP contribution in [0.25, 0.3) is 0 Å². The van der Waals surface area contributed by atoms with Crippen LogP contribution in [-0.2, 0) is 4.79 Å². The molecule has 0 aliphatic carbocycles. The summed E-state index contributed by atoms with van der Waals surface area (Å²) in [6, 6.07) is 8.28. The third-order valence-electron chi connectivity index (χ3n) is 6.37. The third kappa shape index (κ3) is 3.69. The highest BCUT2D eigenvalue weighted by Gasteiger charge is 2.50. The zero-order valence-electron chi connectivity index (χ0n) is 18.1. The van der Waals surface area contributed by atoms with Gasteiger partial charge < -0.3 is 14.7 Å². The number of hydrogen-bond acceptors (Lipinski definition) is 5. The number of amides is 2. The van der Waals surface area contributed by atoms with Crippen LogP contribution >= 0.6 is 0 Å². The SMILES string of the molecule is Cc1ccccc1[C@H]1[C@@H]2CN(C(=O)c3cncnc3C)C[C@@H]2CN1C(=O)CN(C)C. The standard InChI is InChI=1S/C23H29N5O2/c1-15-7-5-6-8-18(15)22-20-12-27(23(30)19-9-24-14-25-16(19)2)10-17(20)11-28(22)21(29)13-26(3)4/h5-9,14,17,20,22H,10-13H2,1-4H3/t17-,20-,22+/m1/s1. The van der Waals surface area contributed by atoms with Gasteiger partial charge in [-0.25, -0.2) is 9.97 Å². The maximum Gasteiger partial charge on any atom is 0.257 e. The molecule has 2 fully saturated rings. The average molecular weight is 408 g/mol. The van der Waals surface area contributed by atoms with Crippen LogP contribution in [0.15, 0.2) is 36.8 Å². The van der Waals surface area contributed by atoms with Crippen LogP contribution in [0.2, 0.25) is 0 Å². The van der Waals surface area contributed by atoms with Crippen molar-refractivity contribution in [2.75, 3.05) is 40.3 Å². The molecule has 3 atom stereocenters. The number of carbonyl (C=O) groups excluding carboxylic acids is 2. The van der Waals surface area contributed by atoms with Gasteiger partial charge in [-0.05, 0) is 39.1 Å². The molecule has 0 N–H and O–H groups in total. The molecule has 0 saturated carbocycles. The number of aryl methyl sites for hydroxylation is 2. The lowest BCUT2D eigenvalue weighted by Crippen LogP contribution is -2.41. The molecule has 0 radical (unpaired) electrons. The van der Waals surface area contributed by atoms with E-state index in [-0.39, 0.29) is 29.7 Å². The summed E-state index contributed by atoms with van der Waals surface area (Å²) in [6.07, 6.45) is 3.07. The number of aromatic nitrogens is 2. The molecule has 158 valence electrons. The predicted molar refractivity (Wildman–Crippen MR) is 114 cm³/mol.